The molecule has 1 heterocycles. The molecule has 1 atom stereocenters. The van der Waals surface area contributed by atoms with E-state index in [1.807, 2.05) is 32.0 Å². The molecule has 0 saturated carbocycles. The van der Waals surface area contributed by atoms with Crippen LogP contribution >= 0.6 is 0 Å². The molecule has 0 radical (unpaired) electrons. The van der Waals surface area contributed by atoms with Gasteiger partial charge in [-0.3, -0.25) is 4.79 Å². The number of ether oxygens (including phenoxy) is 1. The fourth-order valence-corrected chi connectivity index (χ4v) is 2.05. The molecule has 0 fully saturated rings. The van der Waals surface area contributed by atoms with E-state index in [0.717, 1.165) is 16.8 Å². The molecule has 1 unspecified atom stereocenters. The van der Waals surface area contributed by atoms with Crippen LogP contribution in [-0.4, -0.2) is 24.7 Å². The minimum absolute atomic E-state index is 0.00844. The number of nitrogens with one attached hydrogen (secondary N) is 1. The van der Waals surface area contributed by atoms with Crippen LogP contribution in [0.15, 0.2) is 18.2 Å². The molecule has 2 N–H and O–H groups in total. The first kappa shape index (κ1) is 12.1. The molecule has 1 aliphatic rings. The number of amides is 1. The summed E-state index contributed by atoms with van der Waals surface area (Å²) in [6.45, 7) is 4.00. The predicted octanol–water partition coefficient (Wildman–Crippen LogP) is 1.60. The average Bonchev–Trinajstić information content (AvgIpc) is 2.50. The lowest BCUT2D eigenvalue weighted by molar-refractivity contribution is -0.119. The molecule has 2 rings (SSSR count). The van der Waals surface area contributed by atoms with E-state index in [1.54, 1.807) is 7.11 Å². The average molecular weight is 235 g/mol. The summed E-state index contributed by atoms with van der Waals surface area (Å²) in [5.74, 6) is -0.00844. The van der Waals surface area contributed by atoms with Crippen molar-refractivity contribution in [2.24, 2.45) is 0 Å². The van der Waals surface area contributed by atoms with Crippen LogP contribution in [0.2, 0.25) is 0 Å². The summed E-state index contributed by atoms with van der Waals surface area (Å²) in [4.78, 5) is 11.8. The van der Waals surface area contributed by atoms with E-state index < -0.39 is 11.5 Å². The molecule has 92 valence electrons. The molecule has 1 aliphatic heterocycles. The largest absolute Gasteiger partial charge is 0.386 e. The van der Waals surface area contributed by atoms with Gasteiger partial charge in [0.15, 0.2) is 0 Å². The molecular formula is C13H17NO3. The van der Waals surface area contributed by atoms with Crippen LogP contribution in [0.1, 0.15) is 31.1 Å². The minimum atomic E-state index is -0.656. The second kappa shape index (κ2) is 4.13. The van der Waals surface area contributed by atoms with E-state index in [1.165, 1.54) is 0 Å². The number of carbonyl (C=O) groups excluding carboxylic acids is 1. The van der Waals surface area contributed by atoms with Crippen molar-refractivity contribution in [1.29, 1.82) is 0 Å². The second-order valence-electron chi connectivity index (χ2n) is 4.86. The van der Waals surface area contributed by atoms with Gasteiger partial charge < -0.3 is 15.2 Å². The Balaban J connectivity index is 2.39. The van der Waals surface area contributed by atoms with Crippen molar-refractivity contribution in [3.8, 4) is 0 Å². The lowest BCUT2D eigenvalue weighted by atomic mass is 9.85. The third-order valence-corrected chi connectivity index (χ3v) is 3.24. The number of benzene rings is 1. The van der Waals surface area contributed by atoms with Gasteiger partial charge in [0.1, 0.15) is 6.10 Å². The maximum atomic E-state index is 11.8. The molecule has 17 heavy (non-hydrogen) atoms. The Kier molecular flexibility index (Phi) is 2.93. The summed E-state index contributed by atoms with van der Waals surface area (Å²) in [5, 5.41) is 12.7. The standard InChI is InChI=1S/C13H17NO3/c1-13(2)9-6-8(11(15)7-17-3)4-5-10(9)14-12(13)16/h4-6,11,15H,7H2,1-3H3,(H,14,16). The van der Waals surface area contributed by atoms with Gasteiger partial charge in [0.25, 0.3) is 0 Å². The maximum absolute atomic E-state index is 11.8. The van der Waals surface area contributed by atoms with E-state index in [9.17, 15) is 9.90 Å². The van der Waals surface area contributed by atoms with Crippen LogP contribution in [0.3, 0.4) is 0 Å². The summed E-state index contributed by atoms with van der Waals surface area (Å²) < 4.78 is 4.92. The number of fused-ring (bicyclic) bond motifs is 1. The van der Waals surface area contributed by atoms with Crippen molar-refractivity contribution < 1.29 is 14.6 Å². The third kappa shape index (κ3) is 1.94. The van der Waals surface area contributed by atoms with Gasteiger partial charge in [0, 0.05) is 12.8 Å². The number of aliphatic hydroxyl groups is 1. The Hall–Kier alpha value is -1.39. The Morgan fingerprint density at radius 1 is 1.47 bits per heavy atom. The first-order valence-electron chi connectivity index (χ1n) is 5.59. The zero-order chi connectivity index (χ0) is 12.6. The molecule has 1 aromatic rings. The first-order chi connectivity index (χ1) is 7.96. The van der Waals surface area contributed by atoms with Gasteiger partial charge in [-0.25, -0.2) is 0 Å². The fourth-order valence-electron chi connectivity index (χ4n) is 2.05. The highest BCUT2D eigenvalue weighted by Gasteiger charge is 2.38. The van der Waals surface area contributed by atoms with Gasteiger partial charge in [-0.2, -0.15) is 0 Å². The Morgan fingerprint density at radius 2 is 2.18 bits per heavy atom. The van der Waals surface area contributed by atoms with Crippen molar-refractivity contribution in [1.82, 2.24) is 0 Å². The predicted molar refractivity (Wildman–Crippen MR) is 64.9 cm³/mol. The zero-order valence-electron chi connectivity index (χ0n) is 10.3. The van der Waals surface area contributed by atoms with Crippen LogP contribution in [0, 0.1) is 0 Å². The number of carbonyl (C=O) groups is 1. The third-order valence-electron chi connectivity index (χ3n) is 3.24. The maximum Gasteiger partial charge on any atom is 0.234 e. The molecule has 1 amide bonds. The summed E-state index contributed by atoms with van der Waals surface area (Å²) in [5.41, 5.74) is 1.98. The Morgan fingerprint density at radius 3 is 2.82 bits per heavy atom. The fraction of sp³-hybridized carbons (Fsp3) is 0.462. The van der Waals surface area contributed by atoms with Gasteiger partial charge in [-0.1, -0.05) is 6.07 Å². The highest BCUT2D eigenvalue weighted by atomic mass is 16.5. The van der Waals surface area contributed by atoms with Crippen molar-refractivity contribution in [3.05, 3.63) is 29.3 Å². The summed E-state index contributed by atoms with van der Waals surface area (Å²) >= 11 is 0. The van der Waals surface area contributed by atoms with Gasteiger partial charge in [-0.15, -0.1) is 0 Å². The van der Waals surface area contributed by atoms with Gasteiger partial charge in [-0.05, 0) is 37.1 Å². The van der Waals surface area contributed by atoms with Crippen LogP contribution < -0.4 is 5.32 Å². The number of hydrogen-bond donors (Lipinski definition) is 2. The van der Waals surface area contributed by atoms with E-state index in [0.29, 0.717) is 0 Å². The molecule has 0 bridgehead atoms. The summed E-state index contributed by atoms with van der Waals surface area (Å²) in [7, 11) is 1.55. The Labute approximate surface area is 101 Å². The van der Waals surface area contributed by atoms with E-state index in [4.69, 9.17) is 4.74 Å². The number of rotatable bonds is 3. The van der Waals surface area contributed by atoms with Crippen LogP contribution in [-0.2, 0) is 14.9 Å². The van der Waals surface area contributed by atoms with E-state index in [2.05, 4.69) is 5.32 Å². The summed E-state index contributed by atoms with van der Waals surface area (Å²) in [6.07, 6.45) is -0.656. The highest BCUT2D eigenvalue weighted by Crippen LogP contribution is 2.38. The van der Waals surface area contributed by atoms with E-state index in [-0.39, 0.29) is 12.5 Å². The van der Waals surface area contributed by atoms with Gasteiger partial charge in [0.05, 0.1) is 12.0 Å². The van der Waals surface area contributed by atoms with Crippen LogP contribution in [0.5, 0.6) is 0 Å². The van der Waals surface area contributed by atoms with Crippen molar-refractivity contribution in [3.63, 3.8) is 0 Å². The quantitative estimate of drug-likeness (QED) is 0.836. The number of aliphatic hydroxyl groups excluding tert-OH is 1. The SMILES string of the molecule is COCC(O)c1ccc2c(c1)C(C)(C)C(=O)N2. The smallest absolute Gasteiger partial charge is 0.234 e. The van der Waals surface area contributed by atoms with Crippen molar-refractivity contribution in [2.75, 3.05) is 19.0 Å². The molecular weight excluding hydrogens is 218 g/mol. The number of anilines is 1. The molecule has 0 aliphatic carbocycles. The number of hydrogen-bond acceptors (Lipinski definition) is 3. The molecule has 0 spiro atoms. The molecule has 0 saturated heterocycles. The Bertz CT molecular complexity index is 454. The van der Waals surface area contributed by atoms with Gasteiger partial charge >= 0.3 is 0 Å². The second-order valence-corrected chi connectivity index (χ2v) is 4.86. The highest BCUT2D eigenvalue weighted by molar-refractivity contribution is 6.05. The topological polar surface area (TPSA) is 58.6 Å². The lowest BCUT2D eigenvalue weighted by Gasteiger charge is -2.17. The lowest BCUT2D eigenvalue weighted by Crippen LogP contribution is -2.27. The molecule has 1 aromatic carbocycles. The van der Waals surface area contributed by atoms with Crippen LogP contribution in [0.4, 0.5) is 5.69 Å². The number of methoxy groups -OCH3 is 1. The van der Waals surface area contributed by atoms with Crippen molar-refractivity contribution in [2.45, 2.75) is 25.4 Å². The summed E-state index contributed by atoms with van der Waals surface area (Å²) in [6, 6.07) is 5.51. The zero-order valence-corrected chi connectivity index (χ0v) is 10.3. The first-order valence-corrected chi connectivity index (χ1v) is 5.59. The molecule has 4 heteroatoms. The monoisotopic (exact) mass is 235 g/mol. The normalized spacial score (nSPS) is 18.7. The van der Waals surface area contributed by atoms with Gasteiger partial charge in [0.2, 0.25) is 5.91 Å². The van der Waals surface area contributed by atoms with Crippen molar-refractivity contribution >= 4 is 11.6 Å². The van der Waals surface area contributed by atoms with E-state index >= 15 is 0 Å². The molecule has 4 nitrogen and oxygen atoms in total. The van der Waals surface area contributed by atoms with Crippen LogP contribution in [0.25, 0.3) is 0 Å². The minimum Gasteiger partial charge on any atom is -0.386 e. The molecule has 0 aromatic heterocycles.